The second-order valence-corrected chi connectivity index (χ2v) is 5.37. The third-order valence-corrected chi connectivity index (χ3v) is 3.96. The third kappa shape index (κ3) is 3.10. The molecule has 0 aromatic carbocycles. The van der Waals surface area contributed by atoms with Crippen molar-refractivity contribution in [1.82, 2.24) is 0 Å². The monoisotopic (exact) mass is 212 g/mol. The fraction of sp³-hybridized carbons (Fsp3) is 0.667. The van der Waals surface area contributed by atoms with Gasteiger partial charge in [0.25, 0.3) is 0 Å². The first-order valence-electron chi connectivity index (χ1n) is 5.35. The van der Waals surface area contributed by atoms with Crippen molar-refractivity contribution in [2.45, 2.75) is 33.6 Å². The number of aliphatic hydroxyl groups is 1. The molecule has 1 aromatic heterocycles. The molecule has 0 spiro atoms. The molecule has 0 saturated heterocycles. The summed E-state index contributed by atoms with van der Waals surface area (Å²) >= 11 is 1.88. The second-order valence-electron chi connectivity index (χ2n) is 4.11. The van der Waals surface area contributed by atoms with Crippen LogP contribution in [0, 0.1) is 11.8 Å². The van der Waals surface area contributed by atoms with E-state index in [1.807, 2.05) is 11.3 Å². The van der Waals surface area contributed by atoms with E-state index in [0.717, 1.165) is 12.8 Å². The van der Waals surface area contributed by atoms with E-state index in [1.165, 1.54) is 9.75 Å². The Balaban J connectivity index is 2.57. The maximum atomic E-state index is 9.23. The summed E-state index contributed by atoms with van der Waals surface area (Å²) < 4.78 is 0. The molecule has 1 N–H and O–H groups in total. The fourth-order valence-electron chi connectivity index (χ4n) is 1.49. The van der Waals surface area contributed by atoms with Gasteiger partial charge in [-0.05, 0) is 36.8 Å². The maximum Gasteiger partial charge on any atom is 0.0465 e. The van der Waals surface area contributed by atoms with Crippen molar-refractivity contribution in [3.63, 3.8) is 0 Å². The minimum Gasteiger partial charge on any atom is -0.396 e. The minimum atomic E-state index is 0.303. The molecule has 1 aromatic rings. The molecule has 0 aliphatic carbocycles. The lowest BCUT2D eigenvalue weighted by atomic mass is 9.93. The summed E-state index contributed by atoms with van der Waals surface area (Å²) in [6.07, 6.45) is 2.15. The Kier molecular flexibility index (Phi) is 4.63. The zero-order chi connectivity index (χ0) is 10.6. The van der Waals surface area contributed by atoms with Gasteiger partial charge in [0, 0.05) is 16.4 Å². The van der Waals surface area contributed by atoms with Gasteiger partial charge in [-0.1, -0.05) is 20.8 Å². The number of aryl methyl sites for hydroxylation is 1. The van der Waals surface area contributed by atoms with Crippen molar-refractivity contribution >= 4 is 11.3 Å². The van der Waals surface area contributed by atoms with Crippen molar-refractivity contribution in [3.8, 4) is 0 Å². The van der Waals surface area contributed by atoms with E-state index in [1.54, 1.807) is 0 Å². The van der Waals surface area contributed by atoms with E-state index < -0.39 is 0 Å². The normalized spacial score (nSPS) is 13.5. The predicted octanol–water partition coefficient (Wildman–Crippen LogP) is 3.12. The predicted molar refractivity (Wildman–Crippen MR) is 62.8 cm³/mol. The van der Waals surface area contributed by atoms with Gasteiger partial charge in [-0.25, -0.2) is 0 Å². The average molecular weight is 212 g/mol. The Labute approximate surface area is 90.8 Å². The van der Waals surface area contributed by atoms with Crippen LogP contribution in [0.15, 0.2) is 12.1 Å². The Morgan fingerprint density at radius 2 is 1.93 bits per heavy atom. The summed E-state index contributed by atoms with van der Waals surface area (Å²) in [5.74, 6) is 0.977. The molecule has 1 rings (SSSR count). The molecule has 0 aliphatic heterocycles. The van der Waals surface area contributed by atoms with Crippen LogP contribution in [0.3, 0.4) is 0 Å². The minimum absolute atomic E-state index is 0.303. The van der Waals surface area contributed by atoms with Crippen LogP contribution in [-0.2, 0) is 12.8 Å². The average Bonchev–Trinajstić information content (AvgIpc) is 2.61. The van der Waals surface area contributed by atoms with Crippen LogP contribution in [0.5, 0.6) is 0 Å². The smallest absolute Gasteiger partial charge is 0.0465 e. The molecule has 1 nitrogen and oxygen atoms in total. The van der Waals surface area contributed by atoms with Crippen LogP contribution < -0.4 is 0 Å². The molecule has 1 unspecified atom stereocenters. The van der Waals surface area contributed by atoms with E-state index in [-0.39, 0.29) is 0 Å². The van der Waals surface area contributed by atoms with Gasteiger partial charge in [0.05, 0.1) is 0 Å². The largest absolute Gasteiger partial charge is 0.396 e. The highest BCUT2D eigenvalue weighted by Gasteiger charge is 2.13. The van der Waals surface area contributed by atoms with E-state index >= 15 is 0 Å². The zero-order valence-corrected chi connectivity index (χ0v) is 10.1. The van der Waals surface area contributed by atoms with Gasteiger partial charge in [-0.3, -0.25) is 0 Å². The molecular weight excluding hydrogens is 192 g/mol. The van der Waals surface area contributed by atoms with Crippen molar-refractivity contribution in [2.24, 2.45) is 11.8 Å². The third-order valence-electron chi connectivity index (χ3n) is 2.71. The highest BCUT2D eigenvalue weighted by Crippen LogP contribution is 2.23. The van der Waals surface area contributed by atoms with Crippen LogP contribution in [0.4, 0.5) is 0 Å². The van der Waals surface area contributed by atoms with Crippen LogP contribution in [0.25, 0.3) is 0 Å². The number of aliphatic hydroxyl groups excluding tert-OH is 1. The SMILES string of the molecule is CCc1ccc(CC(CO)C(C)C)s1. The van der Waals surface area contributed by atoms with E-state index in [0.29, 0.717) is 18.4 Å². The van der Waals surface area contributed by atoms with Crippen LogP contribution >= 0.6 is 11.3 Å². The first-order valence-corrected chi connectivity index (χ1v) is 6.17. The molecule has 14 heavy (non-hydrogen) atoms. The molecule has 0 amide bonds. The number of hydrogen-bond acceptors (Lipinski definition) is 2. The second kappa shape index (κ2) is 5.52. The van der Waals surface area contributed by atoms with Crippen LogP contribution in [-0.4, -0.2) is 11.7 Å². The lowest BCUT2D eigenvalue weighted by Gasteiger charge is -2.16. The number of thiophene rings is 1. The lowest BCUT2D eigenvalue weighted by Crippen LogP contribution is -2.15. The van der Waals surface area contributed by atoms with Gasteiger partial charge in [0.1, 0.15) is 0 Å². The molecule has 1 atom stereocenters. The topological polar surface area (TPSA) is 20.2 Å². The first kappa shape index (κ1) is 11.7. The Morgan fingerprint density at radius 3 is 2.36 bits per heavy atom. The molecule has 2 heteroatoms. The van der Waals surface area contributed by atoms with E-state index in [4.69, 9.17) is 0 Å². The lowest BCUT2D eigenvalue weighted by molar-refractivity contribution is 0.190. The quantitative estimate of drug-likeness (QED) is 0.795. The molecule has 0 fully saturated rings. The number of rotatable bonds is 5. The van der Waals surface area contributed by atoms with Gasteiger partial charge in [0.15, 0.2) is 0 Å². The van der Waals surface area contributed by atoms with Crippen molar-refractivity contribution in [1.29, 1.82) is 0 Å². The van der Waals surface area contributed by atoms with Crippen LogP contribution in [0.1, 0.15) is 30.5 Å². The van der Waals surface area contributed by atoms with Crippen LogP contribution in [0.2, 0.25) is 0 Å². The summed E-state index contributed by atoms with van der Waals surface area (Å²) in [5.41, 5.74) is 0. The molecule has 1 heterocycles. The summed E-state index contributed by atoms with van der Waals surface area (Å²) in [5, 5.41) is 9.23. The Hall–Kier alpha value is -0.340. The zero-order valence-electron chi connectivity index (χ0n) is 9.29. The highest BCUT2D eigenvalue weighted by molar-refractivity contribution is 7.11. The summed E-state index contributed by atoms with van der Waals surface area (Å²) in [6.45, 7) is 6.84. The standard InChI is InChI=1S/C12H20OS/c1-4-11-5-6-12(14-11)7-10(8-13)9(2)3/h5-6,9-10,13H,4,7-8H2,1-3H3. The van der Waals surface area contributed by atoms with Gasteiger partial charge in [-0.15, -0.1) is 11.3 Å². The highest BCUT2D eigenvalue weighted by atomic mass is 32.1. The molecule has 80 valence electrons. The van der Waals surface area contributed by atoms with Crippen molar-refractivity contribution in [3.05, 3.63) is 21.9 Å². The van der Waals surface area contributed by atoms with E-state index in [9.17, 15) is 5.11 Å². The van der Waals surface area contributed by atoms with E-state index in [2.05, 4.69) is 32.9 Å². The fourth-order valence-corrected chi connectivity index (χ4v) is 2.54. The van der Waals surface area contributed by atoms with Crippen molar-refractivity contribution in [2.75, 3.05) is 6.61 Å². The summed E-state index contributed by atoms with van der Waals surface area (Å²) in [6, 6.07) is 4.41. The molecule has 0 aliphatic rings. The molecule has 0 saturated carbocycles. The summed E-state index contributed by atoms with van der Waals surface area (Å²) in [4.78, 5) is 2.86. The van der Waals surface area contributed by atoms with Gasteiger partial charge in [0.2, 0.25) is 0 Å². The molecular formula is C12H20OS. The Bertz CT molecular complexity index is 265. The number of hydrogen-bond donors (Lipinski definition) is 1. The van der Waals surface area contributed by atoms with Gasteiger partial charge >= 0.3 is 0 Å². The Morgan fingerprint density at radius 1 is 1.29 bits per heavy atom. The first-order chi connectivity index (χ1) is 6.67. The van der Waals surface area contributed by atoms with Gasteiger partial charge < -0.3 is 5.11 Å². The van der Waals surface area contributed by atoms with Crippen molar-refractivity contribution < 1.29 is 5.11 Å². The van der Waals surface area contributed by atoms with Gasteiger partial charge in [-0.2, -0.15) is 0 Å². The maximum absolute atomic E-state index is 9.23. The molecule has 0 bridgehead atoms. The summed E-state index contributed by atoms with van der Waals surface area (Å²) in [7, 11) is 0. The molecule has 0 radical (unpaired) electrons.